The summed E-state index contributed by atoms with van der Waals surface area (Å²) in [5.41, 5.74) is 11.7. The maximum Gasteiger partial charge on any atom is 0.240 e. The second kappa shape index (κ2) is 13.7. The van der Waals surface area contributed by atoms with Crippen LogP contribution in [-0.2, 0) is 30.9 Å². The van der Waals surface area contributed by atoms with Crippen molar-refractivity contribution in [3.05, 3.63) is 41.0 Å². The highest BCUT2D eigenvalue weighted by molar-refractivity contribution is 7.89. The first-order chi connectivity index (χ1) is 18.0. The molecule has 1 saturated carbocycles. The van der Waals surface area contributed by atoms with Crippen molar-refractivity contribution in [1.82, 2.24) is 9.79 Å². The zero-order valence-electron chi connectivity index (χ0n) is 23.1. The molecule has 1 aliphatic carbocycles. The minimum atomic E-state index is -3.52. The highest BCUT2D eigenvalue weighted by Gasteiger charge is 2.43. The van der Waals surface area contributed by atoms with Crippen molar-refractivity contribution in [2.75, 3.05) is 30.8 Å². The van der Waals surface area contributed by atoms with Gasteiger partial charge in [-0.3, -0.25) is 9.59 Å². The van der Waals surface area contributed by atoms with Crippen LogP contribution < -0.4 is 16.5 Å². The predicted octanol–water partition coefficient (Wildman–Crippen LogP) is 3.58. The van der Waals surface area contributed by atoms with Crippen molar-refractivity contribution in [1.29, 1.82) is 0 Å². The lowest BCUT2D eigenvalue weighted by Gasteiger charge is -2.39. The third-order valence-corrected chi connectivity index (χ3v) is 9.66. The second-order valence-corrected chi connectivity index (χ2v) is 12.8. The van der Waals surface area contributed by atoms with E-state index in [0.717, 1.165) is 43.2 Å². The van der Waals surface area contributed by atoms with E-state index in [1.54, 1.807) is 6.07 Å². The van der Waals surface area contributed by atoms with E-state index in [-0.39, 0.29) is 37.6 Å². The lowest BCUT2D eigenvalue weighted by Crippen LogP contribution is -2.61. The lowest BCUT2D eigenvalue weighted by atomic mass is 9.86. The summed E-state index contributed by atoms with van der Waals surface area (Å²) in [4.78, 5) is 29.4. The Morgan fingerprint density at radius 2 is 1.89 bits per heavy atom. The van der Waals surface area contributed by atoms with Crippen LogP contribution in [0.3, 0.4) is 0 Å². The molecule has 0 radical (unpaired) electrons. The Balaban J connectivity index is 1.48. The molecule has 0 atom stereocenters. The van der Waals surface area contributed by atoms with Crippen molar-refractivity contribution in [3.63, 3.8) is 0 Å². The first-order valence-electron chi connectivity index (χ1n) is 13.8. The Labute approximate surface area is 227 Å². The molecule has 1 aliphatic heterocycles. The normalized spacial score (nSPS) is 20.2. The van der Waals surface area contributed by atoms with E-state index in [0.29, 0.717) is 24.6 Å². The number of hydrogen-bond donors (Lipinski definition) is 3. The molecule has 0 bridgehead atoms. The van der Waals surface area contributed by atoms with Gasteiger partial charge >= 0.3 is 0 Å². The molecular formula is C28H44N4O5S. The fourth-order valence-electron chi connectivity index (χ4n) is 5.24. The largest absolute Gasteiger partial charge is 0.368 e. The zero-order valence-corrected chi connectivity index (χ0v) is 23.9. The molecule has 0 aromatic heterocycles. The predicted molar refractivity (Wildman–Crippen MR) is 150 cm³/mol. The Kier molecular flexibility index (Phi) is 10.9. The Bertz CT molecular complexity index is 1100. The number of nitrogens with two attached hydrogens (primary N) is 1. The number of benzene rings is 1. The number of unbranched alkanes of at least 4 members (excludes halogenated alkanes) is 1. The summed E-state index contributed by atoms with van der Waals surface area (Å²) in [7, 11) is -3.52. The summed E-state index contributed by atoms with van der Waals surface area (Å²) in [6, 6.07) is 5.46. The second-order valence-electron chi connectivity index (χ2n) is 10.7. The third kappa shape index (κ3) is 8.36. The van der Waals surface area contributed by atoms with Crippen LogP contribution in [-0.4, -0.2) is 55.5 Å². The molecule has 2 amide bonds. The Hall–Kier alpha value is -2.27. The number of carbonyl (C=O) groups excluding carboxylic acids is 2. The number of sulfonamides is 1. The fourth-order valence-corrected chi connectivity index (χ4v) is 6.71. The van der Waals surface area contributed by atoms with Gasteiger partial charge in [-0.25, -0.2) is 12.7 Å². The zero-order chi connectivity index (χ0) is 27.8. The maximum atomic E-state index is 13.1. The highest BCUT2D eigenvalue weighted by atomic mass is 32.2. The van der Waals surface area contributed by atoms with Crippen molar-refractivity contribution in [3.8, 4) is 0 Å². The number of rotatable bonds is 12. The van der Waals surface area contributed by atoms with Crippen LogP contribution in [0.1, 0.15) is 76.3 Å². The first-order valence-corrected chi connectivity index (χ1v) is 15.4. The molecule has 212 valence electrons. The van der Waals surface area contributed by atoms with Crippen LogP contribution in [0.2, 0.25) is 0 Å². The molecule has 0 unspecified atom stereocenters. The summed E-state index contributed by atoms with van der Waals surface area (Å²) in [6.45, 7) is 6.46. The fraction of sp³-hybridized carbons (Fsp3) is 0.643. The van der Waals surface area contributed by atoms with Crippen molar-refractivity contribution in [2.45, 2.75) is 84.1 Å². The van der Waals surface area contributed by atoms with Gasteiger partial charge in [0.1, 0.15) is 5.54 Å². The number of anilines is 1. The van der Waals surface area contributed by atoms with E-state index in [1.807, 2.05) is 19.1 Å². The van der Waals surface area contributed by atoms with Crippen LogP contribution in [0.5, 0.6) is 0 Å². The minimum Gasteiger partial charge on any atom is -0.368 e. The number of hydrogen-bond acceptors (Lipinski definition) is 6. The summed E-state index contributed by atoms with van der Waals surface area (Å²) in [5, 5.41) is 2.73. The van der Waals surface area contributed by atoms with Crippen LogP contribution in [0, 0.1) is 12.8 Å². The summed E-state index contributed by atoms with van der Waals surface area (Å²) >= 11 is 0. The average Bonchev–Trinajstić information content (AvgIpc) is 2.87. The number of nitrogens with zero attached hydrogens (tertiary/aromatic N) is 1. The van der Waals surface area contributed by atoms with Gasteiger partial charge in [-0.2, -0.15) is 5.48 Å². The van der Waals surface area contributed by atoms with Gasteiger partial charge in [-0.05, 0) is 87.5 Å². The summed E-state index contributed by atoms with van der Waals surface area (Å²) in [5.74, 6) is -0.267. The molecule has 0 spiro atoms. The number of carbonyl (C=O) groups is 2. The van der Waals surface area contributed by atoms with Gasteiger partial charge in [-0.1, -0.05) is 31.1 Å². The molecule has 10 heteroatoms. The Morgan fingerprint density at radius 3 is 2.47 bits per heavy atom. The molecular weight excluding hydrogens is 504 g/mol. The van der Waals surface area contributed by atoms with Crippen LogP contribution in [0.4, 0.5) is 5.69 Å². The van der Waals surface area contributed by atoms with Crippen LogP contribution >= 0.6 is 0 Å². The number of piperidine rings is 1. The molecule has 1 aromatic rings. The monoisotopic (exact) mass is 548 g/mol. The van der Waals surface area contributed by atoms with E-state index < -0.39 is 21.5 Å². The van der Waals surface area contributed by atoms with Crippen LogP contribution in [0.15, 0.2) is 29.8 Å². The summed E-state index contributed by atoms with van der Waals surface area (Å²) in [6.07, 6.45) is 9.91. The molecule has 2 fully saturated rings. The van der Waals surface area contributed by atoms with Crippen LogP contribution in [0.25, 0.3) is 0 Å². The number of primary amides is 1. The number of amides is 2. The van der Waals surface area contributed by atoms with E-state index in [2.05, 4.69) is 23.8 Å². The Morgan fingerprint density at radius 1 is 1.21 bits per heavy atom. The van der Waals surface area contributed by atoms with E-state index in [1.165, 1.54) is 23.2 Å². The molecule has 38 heavy (non-hydrogen) atoms. The molecule has 1 aromatic carbocycles. The lowest BCUT2D eigenvalue weighted by molar-refractivity contribution is -0.136. The van der Waals surface area contributed by atoms with E-state index in [4.69, 9.17) is 10.6 Å². The van der Waals surface area contributed by atoms with Gasteiger partial charge in [0.15, 0.2) is 0 Å². The number of hydroxylamine groups is 1. The highest BCUT2D eigenvalue weighted by Crippen LogP contribution is 2.30. The molecule has 4 N–H and O–H groups in total. The van der Waals surface area contributed by atoms with Gasteiger partial charge in [0.05, 0.1) is 12.4 Å². The molecule has 9 nitrogen and oxygen atoms in total. The third-order valence-electron chi connectivity index (χ3n) is 7.79. The van der Waals surface area contributed by atoms with Crippen molar-refractivity contribution < 1.29 is 22.8 Å². The number of aryl methyl sites for hydroxylation is 2. The van der Waals surface area contributed by atoms with Crippen molar-refractivity contribution in [2.24, 2.45) is 11.7 Å². The molecule has 1 saturated heterocycles. The van der Waals surface area contributed by atoms with Gasteiger partial charge in [0.2, 0.25) is 21.8 Å². The van der Waals surface area contributed by atoms with E-state index in [9.17, 15) is 18.0 Å². The first kappa shape index (κ1) is 30.3. The van der Waals surface area contributed by atoms with Gasteiger partial charge in [0.25, 0.3) is 0 Å². The topological polar surface area (TPSA) is 131 Å². The minimum absolute atomic E-state index is 0.0306. The molecule has 1 heterocycles. The summed E-state index contributed by atoms with van der Waals surface area (Å²) < 4.78 is 27.6. The molecule has 3 rings (SSSR count). The van der Waals surface area contributed by atoms with Crippen molar-refractivity contribution >= 4 is 27.5 Å². The molecule has 2 aliphatic rings. The van der Waals surface area contributed by atoms with Gasteiger partial charge in [-0.15, -0.1) is 0 Å². The van der Waals surface area contributed by atoms with Gasteiger partial charge in [0, 0.05) is 25.7 Å². The maximum absolute atomic E-state index is 13.1. The smallest absolute Gasteiger partial charge is 0.240 e. The van der Waals surface area contributed by atoms with Gasteiger partial charge < -0.3 is 15.9 Å². The van der Waals surface area contributed by atoms with E-state index >= 15 is 0 Å². The quantitative estimate of drug-likeness (QED) is 0.270. The number of allylic oxidation sites excluding steroid dienone is 2. The standard InChI is InChI=1S/C28H44N4O5S/c1-4-5-6-23-7-9-24(10-8-23)20-37-31-28(27(29)34)14-16-32(17-15-28)38(35,36)18-13-25-11-12-26(19-21(25)2)30-22(3)33/h6,11-12,19,24,31H,4-5,7-10,13-18,20H2,1-3H3,(H2,29,34)(H,30,33). The SMILES string of the molecule is CCCC=C1CCC(CONC2(C(N)=O)CCN(S(=O)(=O)CCc3ccc(NC(C)=O)cc3C)CC2)CC1. The number of nitrogens with one attached hydrogen (secondary N) is 2. The average molecular weight is 549 g/mol.